The minimum atomic E-state index is -0.256. The normalized spacial score (nSPS) is 15.1. The molecule has 1 aliphatic rings. The van der Waals surface area contributed by atoms with Crippen LogP contribution in [-0.2, 0) is 4.79 Å². The van der Waals surface area contributed by atoms with E-state index in [9.17, 15) is 4.79 Å². The Morgan fingerprint density at radius 1 is 1.14 bits per heavy atom. The van der Waals surface area contributed by atoms with Gasteiger partial charge < -0.3 is 9.47 Å². The average molecular weight is 417 g/mol. The second kappa shape index (κ2) is 11.0. The van der Waals surface area contributed by atoms with E-state index in [2.05, 4.69) is 16.8 Å². The van der Waals surface area contributed by atoms with Crippen molar-refractivity contribution in [2.45, 2.75) is 26.7 Å². The van der Waals surface area contributed by atoms with Crippen molar-refractivity contribution in [2.24, 2.45) is 10.9 Å². The predicted octanol–water partition coefficient (Wildman–Crippen LogP) is 4.81. The minimum Gasteiger partial charge on any atom is -0.493 e. The number of hydrogen-bond donors (Lipinski definition) is 0. The molecule has 0 radical (unpaired) electrons. The average Bonchev–Trinajstić information content (AvgIpc) is 2.70. The number of hydrogen-bond acceptors (Lipinski definition) is 5. The maximum absolute atomic E-state index is 12.3. The molecule has 0 spiro atoms. The first-order chi connectivity index (χ1) is 13.5. The molecule has 6 heteroatoms. The van der Waals surface area contributed by atoms with Crippen LogP contribution in [0.15, 0.2) is 47.5 Å². The summed E-state index contributed by atoms with van der Waals surface area (Å²) >= 11 is 0. The summed E-state index contributed by atoms with van der Waals surface area (Å²) in [6, 6.07) is 13.4. The highest BCUT2D eigenvalue weighted by atomic mass is 35.5. The SMILES string of the molecule is COc1cc(C=Nc2ccc(C)cc2)ccc1OC(=O)CN1CCC(C)CC1.Cl. The summed E-state index contributed by atoms with van der Waals surface area (Å²) in [6.45, 7) is 6.50. The summed E-state index contributed by atoms with van der Waals surface area (Å²) in [7, 11) is 1.57. The largest absolute Gasteiger partial charge is 0.493 e. The van der Waals surface area contributed by atoms with E-state index in [1.807, 2.05) is 43.3 Å². The van der Waals surface area contributed by atoms with E-state index in [4.69, 9.17) is 9.47 Å². The Morgan fingerprint density at radius 2 is 1.83 bits per heavy atom. The summed E-state index contributed by atoms with van der Waals surface area (Å²) in [4.78, 5) is 18.9. The molecule has 156 valence electrons. The van der Waals surface area contributed by atoms with Crippen LogP contribution in [0.25, 0.3) is 0 Å². The Hall–Kier alpha value is -2.37. The first kappa shape index (κ1) is 22.9. The number of aliphatic imine (C=N–C) groups is 1. The van der Waals surface area contributed by atoms with Crippen LogP contribution in [0.3, 0.4) is 0 Å². The first-order valence-corrected chi connectivity index (χ1v) is 9.75. The van der Waals surface area contributed by atoms with E-state index in [1.165, 1.54) is 5.56 Å². The third kappa shape index (κ3) is 6.87. The van der Waals surface area contributed by atoms with Crippen molar-refractivity contribution in [2.75, 3.05) is 26.7 Å². The number of ether oxygens (including phenoxy) is 2. The van der Waals surface area contributed by atoms with Gasteiger partial charge in [-0.15, -0.1) is 12.4 Å². The second-order valence-corrected chi connectivity index (χ2v) is 7.44. The Kier molecular flexibility index (Phi) is 8.68. The fraction of sp³-hybridized carbons (Fsp3) is 0.391. The highest BCUT2D eigenvalue weighted by Gasteiger charge is 2.19. The van der Waals surface area contributed by atoms with Crippen LogP contribution in [0.1, 0.15) is 30.9 Å². The third-order valence-corrected chi connectivity index (χ3v) is 5.04. The highest BCUT2D eigenvalue weighted by molar-refractivity contribution is 5.85. The molecular formula is C23H29ClN2O3. The highest BCUT2D eigenvalue weighted by Crippen LogP contribution is 2.28. The van der Waals surface area contributed by atoms with Gasteiger partial charge in [-0.2, -0.15) is 0 Å². The van der Waals surface area contributed by atoms with Crippen LogP contribution in [0, 0.1) is 12.8 Å². The van der Waals surface area contributed by atoms with E-state index in [-0.39, 0.29) is 18.4 Å². The molecule has 1 saturated heterocycles. The zero-order chi connectivity index (χ0) is 19.9. The van der Waals surface area contributed by atoms with Gasteiger partial charge in [-0.25, -0.2) is 0 Å². The van der Waals surface area contributed by atoms with Crippen molar-refractivity contribution < 1.29 is 14.3 Å². The van der Waals surface area contributed by atoms with E-state index < -0.39 is 0 Å². The summed E-state index contributed by atoms with van der Waals surface area (Å²) in [5, 5.41) is 0. The van der Waals surface area contributed by atoms with Crippen molar-refractivity contribution in [3.8, 4) is 11.5 Å². The molecule has 0 bridgehead atoms. The Bertz CT molecular complexity index is 829. The number of rotatable bonds is 6. The number of nitrogens with zero attached hydrogens (tertiary/aromatic N) is 2. The summed E-state index contributed by atoms with van der Waals surface area (Å²) in [5.41, 5.74) is 2.96. The van der Waals surface area contributed by atoms with Gasteiger partial charge in [0.2, 0.25) is 0 Å². The van der Waals surface area contributed by atoms with Gasteiger partial charge in [0.15, 0.2) is 11.5 Å². The van der Waals surface area contributed by atoms with Crippen molar-refractivity contribution in [1.29, 1.82) is 0 Å². The maximum Gasteiger partial charge on any atom is 0.325 e. The van der Waals surface area contributed by atoms with Crippen LogP contribution in [0.2, 0.25) is 0 Å². The number of likely N-dealkylation sites (tertiary alicyclic amines) is 1. The lowest BCUT2D eigenvalue weighted by atomic mass is 9.99. The standard InChI is InChI=1S/C23H28N2O3.ClH/c1-17-4-7-20(8-5-17)24-15-19-6-9-21(22(14-19)27-3)28-23(26)16-25-12-10-18(2)11-13-25;/h4-9,14-15,18H,10-13,16H2,1-3H3;1H. The van der Waals surface area contributed by atoms with Crippen molar-refractivity contribution in [3.63, 3.8) is 0 Å². The fourth-order valence-electron chi connectivity index (χ4n) is 3.19. The minimum absolute atomic E-state index is 0. The van der Waals surface area contributed by atoms with Crippen LogP contribution in [0.5, 0.6) is 11.5 Å². The van der Waals surface area contributed by atoms with Gasteiger partial charge in [0, 0.05) is 6.21 Å². The topological polar surface area (TPSA) is 51.1 Å². The van der Waals surface area contributed by atoms with Gasteiger partial charge in [-0.1, -0.05) is 24.6 Å². The van der Waals surface area contributed by atoms with E-state index in [1.54, 1.807) is 19.4 Å². The molecular weight excluding hydrogens is 388 g/mol. The van der Waals surface area contributed by atoms with Gasteiger partial charge in [0.1, 0.15) is 0 Å². The fourth-order valence-corrected chi connectivity index (χ4v) is 3.19. The quantitative estimate of drug-likeness (QED) is 0.385. The number of benzene rings is 2. The smallest absolute Gasteiger partial charge is 0.325 e. The predicted molar refractivity (Wildman–Crippen MR) is 119 cm³/mol. The van der Waals surface area contributed by atoms with E-state index in [0.717, 1.165) is 43.1 Å². The molecule has 1 aliphatic heterocycles. The van der Waals surface area contributed by atoms with E-state index in [0.29, 0.717) is 18.0 Å². The van der Waals surface area contributed by atoms with Crippen molar-refractivity contribution in [3.05, 3.63) is 53.6 Å². The molecule has 5 nitrogen and oxygen atoms in total. The monoisotopic (exact) mass is 416 g/mol. The number of carbonyl (C=O) groups is 1. The molecule has 0 aromatic heterocycles. The number of piperidine rings is 1. The van der Waals surface area contributed by atoms with Gasteiger partial charge in [0.05, 0.1) is 19.3 Å². The molecule has 2 aromatic rings. The lowest BCUT2D eigenvalue weighted by Gasteiger charge is -2.29. The van der Waals surface area contributed by atoms with Crippen LogP contribution >= 0.6 is 12.4 Å². The Morgan fingerprint density at radius 3 is 2.48 bits per heavy atom. The number of methoxy groups -OCH3 is 1. The zero-order valence-electron chi connectivity index (χ0n) is 17.3. The molecule has 2 aromatic carbocycles. The van der Waals surface area contributed by atoms with Gasteiger partial charge in [-0.05, 0) is 74.7 Å². The number of carbonyl (C=O) groups excluding carboxylic acids is 1. The number of esters is 1. The Labute approximate surface area is 179 Å². The summed E-state index contributed by atoms with van der Waals surface area (Å²) in [5.74, 6) is 1.44. The molecule has 0 aliphatic carbocycles. The molecule has 0 saturated carbocycles. The zero-order valence-corrected chi connectivity index (χ0v) is 18.1. The van der Waals surface area contributed by atoms with Crippen molar-refractivity contribution >= 4 is 30.3 Å². The first-order valence-electron chi connectivity index (χ1n) is 9.75. The molecule has 0 atom stereocenters. The van der Waals surface area contributed by atoms with Gasteiger partial charge >= 0.3 is 5.97 Å². The molecule has 0 amide bonds. The number of halogens is 1. The molecule has 1 heterocycles. The Balaban J connectivity index is 0.00000300. The van der Waals surface area contributed by atoms with Crippen LogP contribution in [-0.4, -0.2) is 43.8 Å². The van der Waals surface area contributed by atoms with Gasteiger partial charge in [-0.3, -0.25) is 14.7 Å². The van der Waals surface area contributed by atoms with Crippen molar-refractivity contribution in [1.82, 2.24) is 4.90 Å². The molecule has 3 rings (SSSR count). The maximum atomic E-state index is 12.3. The third-order valence-electron chi connectivity index (χ3n) is 5.04. The summed E-state index contributed by atoms with van der Waals surface area (Å²) in [6.07, 6.45) is 4.03. The lowest BCUT2D eigenvalue weighted by molar-refractivity contribution is -0.136. The molecule has 0 N–H and O–H groups in total. The second-order valence-electron chi connectivity index (χ2n) is 7.44. The molecule has 29 heavy (non-hydrogen) atoms. The molecule has 0 unspecified atom stereocenters. The van der Waals surface area contributed by atoms with Crippen LogP contribution in [0.4, 0.5) is 5.69 Å². The van der Waals surface area contributed by atoms with Gasteiger partial charge in [0.25, 0.3) is 0 Å². The van der Waals surface area contributed by atoms with Crippen LogP contribution < -0.4 is 9.47 Å². The molecule has 1 fully saturated rings. The van der Waals surface area contributed by atoms with E-state index >= 15 is 0 Å². The lowest BCUT2D eigenvalue weighted by Crippen LogP contribution is -2.38. The number of aryl methyl sites for hydroxylation is 1. The summed E-state index contributed by atoms with van der Waals surface area (Å²) < 4.78 is 11.0.